The molecule has 0 aromatic heterocycles. The van der Waals surface area contributed by atoms with Crippen molar-refractivity contribution >= 4 is 11.8 Å². The minimum absolute atomic E-state index is 0.0285. The lowest BCUT2D eigenvalue weighted by molar-refractivity contribution is -0.136. The van der Waals surface area contributed by atoms with Crippen molar-refractivity contribution in [3.8, 4) is 5.75 Å². The highest BCUT2D eigenvalue weighted by molar-refractivity contribution is 6.01. The number of hydrogen-bond donors (Lipinski definition) is 3. The molecule has 0 bridgehead atoms. The standard InChI is InChI=1S/C30H30F3N9O4/c31-30(32,33)19-38-40-28(44)29(16-21-6-1-2-7-22(21)17-36-41-34)26(25-9-4-3-8-23(25)18-37-42-35)46-27(39-29)20-10-12-24(13-11-20)45-15-5-14-43/h1-4,6-13,26,38,43H,5,14-19H2,(H,40,44)/t26-,29-/m0/s1. The maximum Gasteiger partial charge on any atom is 0.402 e. The Morgan fingerprint density at radius 1 is 0.978 bits per heavy atom. The number of carbonyl (C=O) groups is 1. The van der Waals surface area contributed by atoms with E-state index in [1.807, 2.05) is 5.43 Å². The third-order valence-electron chi connectivity index (χ3n) is 7.05. The minimum atomic E-state index is -4.62. The molecule has 1 aliphatic heterocycles. The molecule has 0 saturated carbocycles. The van der Waals surface area contributed by atoms with Crippen LogP contribution in [0.4, 0.5) is 13.2 Å². The van der Waals surface area contributed by atoms with Crippen LogP contribution >= 0.6 is 0 Å². The number of amides is 1. The second-order valence-corrected chi connectivity index (χ2v) is 10.1. The fourth-order valence-corrected chi connectivity index (χ4v) is 4.92. The molecule has 16 heteroatoms. The number of carbonyl (C=O) groups excluding carboxylic acids is 1. The molecule has 3 N–H and O–H groups in total. The first-order chi connectivity index (χ1) is 22.2. The van der Waals surface area contributed by atoms with Crippen molar-refractivity contribution in [2.24, 2.45) is 15.2 Å². The van der Waals surface area contributed by atoms with Crippen LogP contribution in [0.25, 0.3) is 20.9 Å². The number of nitrogens with zero attached hydrogens (tertiary/aromatic N) is 7. The predicted molar refractivity (Wildman–Crippen MR) is 161 cm³/mol. The average molecular weight is 638 g/mol. The van der Waals surface area contributed by atoms with Crippen molar-refractivity contribution < 1.29 is 32.5 Å². The molecule has 1 amide bonds. The number of aliphatic hydroxyl groups excluding tert-OH is 1. The molecule has 0 spiro atoms. The SMILES string of the molecule is [N-]=[N+]=NCc1ccccc1C[C@]1(C(=O)NNCC(F)(F)F)N=C(c2ccc(OCCCO)cc2)O[C@H]1c1ccccc1CN=[N+]=[N-]. The average Bonchev–Trinajstić information content (AvgIpc) is 3.43. The summed E-state index contributed by atoms with van der Waals surface area (Å²) < 4.78 is 51.2. The molecule has 0 fully saturated rings. The van der Waals surface area contributed by atoms with Crippen LogP contribution in [0.2, 0.25) is 0 Å². The lowest BCUT2D eigenvalue weighted by Gasteiger charge is -2.32. The zero-order valence-electron chi connectivity index (χ0n) is 24.4. The molecule has 13 nitrogen and oxygen atoms in total. The summed E-state index contributed by atoms with van der Waals surface area (Å²) in [5, 5.41) is 16.3. The fraction of sp³-hybridized carbons (Fsp3) is 0.333. The topological polar surface area (TPSA) is 190 Å². The van der Waals surface area contributed by atoms with Gasteiger partial charge < -0.3 is 14.6 Å². The molecule has 1 aliphatic rings. The Balaban J connectivity index is 1.87. The number of alkyl halides is 3. The third kappa shape index (κ3) is 8.46. The molecule has 4 rings (SSSR count). The largest absolute Gasteiger partial charge is 0.494 e. The number of rotatable bonds is 15. The van der Waals surface area contributed by atoms with Gasteiger partial charge in [0.05, 0.1) is 19.7 Å². The highest BCUT2D eigenvalue weighted by Gasteiger charge is 2.54. The van der Waals surface area contributed by atoms with Gasteiger partial charge in [0, 0.05) is 34.8 Å². The second-order valence-electron chi connectivity index (χ2n) is 10.1. The van der Waals surface area contributed by atoms with E-state index in [-0.39, 0.29) is 32.0 Å². The number of benzene rings is 3. The van der Waals surface area contributed by atoms with E-state index < -0.39 is 30.3 Å². The first-order valence-corrected chi connectivity index (χ1v) is 14.1. The highest BCUT2D eigenvalue weighted by atomic mass is 19.4. The Bertz CT molecular complexity index is 1640. The van der Waals surface area contributed by atoms with Gasteiger partial charge in [-0.25, -0.2) is 10.4 Å². The molecule has 2 atom stereocenters. The number of hydrazine groups is 1. The van der Waals surface area contributed by atoms with Gasteiger partial charge in [-0.1, -0.05) is 58.8 Å². The van der Waals surface area contributed by atoms with E-state index >= 15 is 0 Å². The van der Waals surface area contributed by atoms with Crippen LogP contribution in [0.15, 0.2) is 88.0 Å². The molecule has 0 radical (unpaired) electrons. The lowest BCUT2D eigenvalue weighted by atomic mass is 9.80. The quantitative estimate of drug-likeness (QED) is 0.0627. The van der Waals surface area contributed by atoms with Crippen LogP contribution in [-0.2, 0) is 29.0 Å². The van der Waals surface area contributed by atoms with Gasteiger partial charge in [0.2, 0.25) is 5.90 Å². The van der Waals surface area contributed by atoms with E-state index in [0.717, 1.165) is 0 Å². The summed E-state index contributed by atoms with van der Waals surface area (Å²) in [5.74, 6) is -0.374. The van der Waals surface area contributed by atoms with Crippen molar-refractivity contribution in [3.63, 3.8) is 0 Å². The summed E-state index contributed by atoms with van der Waals surface area (Å²) in [4.78, 5) is 24.6. The van der Waals surface area contributed by atoms with Crippen molar-refractivity contribution in [2.45, 2.75) is 43.8 Å². The summed E-state index contributed by atoms with van der Waals surface area (Å²) in [6, 6.07) is 20.2. The van der Waals surface area contributed by atoms with E-state index in [2.05, 4.69) is 25.5 Å². The zero-order valence-corrected chi connectivity index (χ0v) is 24.4. The molecule has 3 aromatic rings. The molecule has 3 aromatic carbocycles. The summed E-state index contributed by atoms with van der Waals surface area (Å²) in [6.07, 6.45) is -5.55. The van der Waals surface area contributed by atoms with Gasteiger partial charge >= 0.3 is 6.18 Å². The predicted octanol–water partition coefficient (Wildman–Crippen LogP) is 5.75. The van der Waals surface area contributed by atoms with Gasteiger partial charge in [-0.15, -0.1) is 0 Å². The van der Waals surface area contributed by atoms with Crippen LogP contribution in [0.5, 0.6) is 5.75 Å². The van der Waals surface area contributed by atoms with Gasteiger partial charge in [-0.3, -0.25) is 10.2 Å². The molecule has 46 heavy (non-hydrogen) atoms. The number of nitrogens with one attached hydrogen (secondary N) is 2. The van der Waals surface area contributed by atoms with Gasteiger partial charge in [0.25, 0.3) is 5.91 Å². The second kappa shape index (κ2) is 15.6. The monoisotopic (exact) mass is 637 g/mol. The van der Waals surface area contributed by atoms with Gasteiger partial charge in [-0.2, -0.15) is 13.2 Å². The summed E-state index contributed by atoms with van der Waals surface area (Å²) in [7, 11) is 0. The van der Waals surface area contributed by atoms with Crippen LogP contribution in [0.3, 0.4) is 0 Å². The molecule has 1 heterocycles. The van der Waals surface area contributed by atoms with Crippen LogP contribution in [-0.4, -0.2) is 48.4 Å². The molecular weight excluding hydrogens is 607 g/mol. The number of azide groups is 2. The van der Waals surface area contributed by atoms with Gasteiger partial charge in [0.15, 0.2) is 11.6 Å². The molecule has 0 aliphatic carbocycles. The zero-order chi connectivity index (χ0) is 33.0. The Hall–Kier alpha value is -5.27. The van der Waals surface area contributed by atoms with E-state index in [0.29, 0.717) is 46.6 Å². The fourth-order valence-electron chi connectivity index (χ4n) is 4.92. The van der Waals surface area contributed by atoms with Crippen LogP contribution in [0.1, 0.15) is 40.3 Å². The van der Waals surface area contributed by atoms with Gasteiger partial charge in [-0.05, 0) is 57.6 Å². The molecule has 0 saturated heterocycles. The van der Waals surface area contributed by atoms with E-state index in [4.69, 9.17) is 30.6 Å². The van der Waals surface area contributed by atoms with E-state index in [1.54, 1.807) is 72.8 Å². The Labute approximate surface area is 261 Å². The Morgan fingerprint density at radius 2 is 1.61 bits per heavy atom. The smallest absolute Gasteiger partial charge is 0.402 e. The van der Waals surface area contributed by atoms with Crippen molar-refractivity contribution in [1.82, 2.24) is 10.9 Å². The number of hydrogen-bond acceptors (Lipinski definition) is 8. The number of aliphatic imine (C=N–C) groups is 1. The van der Waals surface area contributed by atoms with Crippen LogP contribution < -0.4 is 15.6 Å². The van der Waals surface area contributed by atoms with E-state index in [1.165, 1.54) is 0 Å². The maximum absolute atomic E-state index is 14.1. The molecular formula is C30H30F3N9O4. The summed E-state index contributed by atoms with van der Waals surface area (Å²) in [5.41, 5.74) is 22.7. The Kier molecular flexibility index (Phi) is 11.4. The first kappa shape index (κ1) is 33.6. The first-order valence-electron chi connectivity index (χ1n) is 14.1. The number of ether oxygens (including phenoxy) is 2. The molecule has 240 valence electrons. The molecule has 0 unspecified atom stereocenters. The maximum atomic E-state index is 14.1. The third-order valence-corrected chi connectivity index (χ3v) is 7.05. The van der Waals surface area contributed by atoms with Crippen molar-refractivity contribution in [2.75, 3.05) is 19.8 Å². The number of halogens is 3. The minimum Gasteiger partial charge on any atom is -0.494 e. The Morgan fingerprint density at radius 3 is 2.26 bits per heavy atom. The van der Waals surface area contributed by atoms with Crippen molar-refractivity contribution in [1.29, 1.82) is 0 Å². The number of aliphatic hydroxyl groups is 1. The normalized spacial score (nSPS) is 17.2. The summed E-state index contributed by atoms with van der Waals surface area (Å²) in [6.45, 7) is -1.39. The summed E-state index contributed by atoms with van der Waals surface area (Å²) >= 11 is 0. The van der Waals surface area contributed by atoms with Crippen LogP contribution in [0, 0.1) is 0 Å². The van der Waals surface area contributed by atoms with Crippen molar-refractivity contribution in [3.05, 3.63) is 121 Å². The lowest BCUT2D eigenvalue weighted by Crippen LogP contribution is -2.55. The van der Waals surface area contributed by atoms with E-state index in [9.17, 15) is 18.0 Å². The van der Waals surface area contributed by atoms with Gasteiger partial charge in [0.1, 0.15) is 12.3 Å². The highest BCUT2D eigenvalue weighted by Crippen LogP contribution is 2.44.